The number of halogens is 1. The second kappa shape index (κ2) is 6.76. The average molecular weight is 303 g/mol. The molecule has 0 aliphatic rings. The minimum Gasteiger partial charge on any atom is -0.393 e. The summed E-state index contributed by atoms with van der Waals surface area (Å²) in [6.45, 7) is 6.60. The van der Waals surface area contributed by atoms with Crippen LogP contribution in [0.25, 0.3) is 0 Å². The Balaban J connectivity index is 2.73. The number of aromatic nitrogens is 2. The number of nitrogens with one attached hydrogen (secondary N) is 2. The number of anilines is 2. The number of aliphatic hydroxyl groups is 1. The monoisotopic (exact) mass is 302 g/mol. The van der Waals surface area contributed by atoms with E-state index in [4.69, 9.17) is 0 Å². The maximum Gasteiger partial charge on any atom is 0.146 e. The molecule has 1 aromatic rings. The summed E-state index contributed by atoms with van der Waals surface area (Å²) >= 11 is 3.46. The number of aliphatic hydroxyl groups excluding tert-OH is 1. The SMILES string of the molecule is CCNc1ncnc(NC(C)CC(C)O)c1Br. The van der Waals surface area contributed by atoms with Crippen molar-refractivity contribution in [3.05, 3.63) is 10.8 Å². The van der Waals surface area contributed by atoms with Crippen LogP contribution in [0.15, 0.2) is 10.8 Å². The molecule has 17 heavy (non-hydrogen) atoms. The third-order valence-electron chi connectivity index (χ3n) is 2.21. The van der Waals surface area contributed by atoms with Crippen molar-refractivity contribution < 1.29 is 5.11 Å². The van der Waals surface area contributed by atoms with Crippen molar-refractivity contribution in [1.82, 2.24) is 9.97 Å². The van der Waals surface area contributed by atoms with E-state index in [1.54, 1.807) is 6.92 Å². The Morgan fingerprint density at radius 3 is 2.59 bits per heavy atom. The van der Waals surface area contributed by atoms with Gasteiger partial charge in [-0.1, -0.05) is 0 Å². The maximum absolute atomic E-state index is 9.31. The lowest BCUT2D eigenvalue weighted by Gasteiger charge is -2.17. The molecule has 2 unspecified atom stereocenters. The van der Waals surface area contributed by atoms with Crippen LogP contribution in [0.3, 0.4) is 0 Å². The number of hydrogen-bond donors (Lipinski definition) is 3. The zero-order chi connectivity index (χ0) is 12.8. The third-order valence-corrected chi connectivity index (χ3v) is 2.96. The van der Waals surface area contributed by atoms with Crippen molar-refractivity contribution in [1.29, 1.82) is 0 Å². The highest BCUT2D eigenvalue weighted by Gasteiger charge is 2.11. The molecular formula is C11H19BrN4O. The zero-order valence-electron chi connectivity index (χ0n) is 10.4. The van der Waals surface area contributed by atoms with Crippen LogP contribution in [-0.2, 0) is 0 Å². The van der Waals surface area contributed by atoms with Crippen molar-refractivity contribution in [2.45, 2.75) is 39.3 Å². The lowest BCUT2D eigenvalue weighted by molar-refractivity contribution is 0.179. The Morgan fingerprint density at radius 2 is 2.00 bits per heavy atom. The maximum atomic E-state index is 9.31. The van der Waals surface area contributed by atoms with Crippen molar-refractivity contribution in [2.24, 2.45) is 0 Å². The average Bonchev–Trinajstić information content (AvgIpc) is 2.23. The quantitative estimate of drug-likeness (QED) is 0.752. The van der Waals surface area contributed by atoms with Crippen LogP contribution in [0.2, 0.25) is 0 Å². The van der Waals surface area contributed by atoms with E-state index >= 15 is 0 Å². The van der Waals surface area contributed by atoms with Crippen LogP contribution in [-0.4, -0.2) is 33.8 Å². The molecule has 0 aliphatic heterocycles. The Kier molecular flexibility index (Phi) is 5.64. The molecule has 96 valence electrons. The number of hydrogen-bond acceptors (Lipinski definition) is 5. The van der Waals surface area contributed by atoms with E-state index in [1.165, 1.54) is 6.33 Å². The summed E-state index contributed by atoms with van der Waals surface area (Å²) in [6, 6.07) is 0.149. The van der Waals surface area contributed by atoms with E-state index in [1.807, 2.05) is 13.8 Å². The van der Waals surface area contributed by atoms with Crippen LogP contribution in [0, 0.1) is 0 Å². The van der Waals surface area contributed by atoms with Gasteiger partial charge in [-0.3, -0.25) is 0 Å². The highest BCUT2D eigenvalue weighted by molar-refractivity contribution is 9.10. The predicted molar refractivity (Wildman–Crippen MR) is 73.3 cm³/mol. The fourth-order valence-electron chi connectivity index (χ4n) is 1.57. The Labute approximate surface area is 110 Å². The molecule has 0 saturated heterocycles. The van der Waals surface area contributed by atoms with E-state index in [9.17, 15) is 5.11 Å². The van der Waals surface area contributed by atoms with Gasteiger partial charge in [-0.2, -0.15) is 0 Å². The highest BCUT2D eigenvalue weighted by Crippen LogP contribution is 2.27. The highest BCUT2D eigenvalue weighted by atomic mass is 79.9. The summed E-state index contributed by atoms with van der Waals surface area (Å²) in [5.74, 6) is 1.51. The van der Waals surface area contributed by atoms with Gasteiger partial charge in [0.1, 0.15) is 22.4 Å². The molecule has 1 rings (SSSR count). The lowest BCUT2D eigenvalue weighted by Crippen LogP contribution is -2.21. The smallest absolute Gasteiger partial charge is 0.146 e. The second-order valence-electron chi connectivity index (χ2n) is 4.05. The minimum absolute atomic E-state index is 0.149. The first-order valence-electron chi connectivity index (χ1n) is 5.73. The summed E-state index contributed by atoms with van der Waals surface area (Å²) in [6.07, 6.45) is 1.86. The molecular weight excluding hydrogens is 284 g/mol. The fraction of sp³-hybridized carbons (Fsp3) is 0.636. The molecule has 6 heteroatoms. The van der Waals surface area contributed by atoms with Crippen molar-refractivity contribution in [3.63, 3.8) is 0 Å². The van der Waals surface area contributed by atoms with Crippen LogP contribution >= 0.6 is 15.9 Å². The van der Waals surface area contributed by atoms with E-state index in [0.29, 0.717) is 6.42 Å². The lowest BCUT2D eigenvalue weighted by atomic mass is 10.1. The molecule has 1 heterocycles. The molecule has 0 aromatic carbocycles. The van der Waals surface area contributed by atoms with E-state index in [0.717, 1.165) is 22.7 Å². The number of rotatable bonds is 6. The van der Waals surface area contributed by atoms with E-state index < -0.39 is 0 Å². The third kappa shape index (κ3) is 4.47. The van der Waals surface area contributed by atoms with E-state index in [-0.39, 0.29) is 12.1 Å². The molecule has 0 radical (unpaired) electrons. The zero-order valence-corrected chi connectivity index (χ0v) is 12.0. The molecule has 0 fully saturated rings. The van der Waals surface area contributed by atoms with Crippen molar-refractivity contribution >= 4 is 27.6 Å². The Bertz CT molecular complexity index is 359. The van der Waals surface area contributed by atoms with Crippen LogP contribution in [0.5, 0.6) is 0 Å². The predicted octanol–water partition coefficient (Wildman–Crippen LogP) is 2.24. The van der Waals surface area contributed by atoms with Gasteiger partial charge < -0.3 is 15.7 Å². The standard InChI is InChI=1S/C11H19BrN4O/c1-4-13-10-9(12)11(15-6-14-10)16-7(2)5-8(3)17/h6-8,17H,4-5H2,1-3H3,(H2,13,14,15,16). The normalized spacial score (nSPS) is 14.2. The molecule has 0 bridgehead atoms. The van der Waals surface area contributed by atoms with Gasteiger partial charge in [-0.15, -0.1) is 0 Å². The summed E-state index contributed by atoms with van der Waals surface area (Å²) in [5, 5.41) is 15.7. The molecule has 2 atom stereocenters. The first-order chi connectivity index (χ1) is 8.04. The van der Waals surface area contributed by atoms with Crippen molar-refractivity contribution in [2.75, 3.05) is 17.2 Å². The van der Waals surface area contributed by atoms with Gasteiger partial charge in [0.05, 0.1) is 6.10 Å². The molecule has 0 aliphatic carbocycles. The van der Waals surface area contributed by atoms with Gasteiger partial charge in [-0.05, 0) is 43.1 Å². The van der Waals surface area contributed by atoms with E-state index in [2.05, 4.69) is 36.5 Å². The summed E-state index contributed by atoms with van der Waals surface area (Å²) in [5.41, 5.74) is 0. The van der Waals surface area contributed by atoms with Gasteiger partial charge in [0.25, 0.3) is 0 Å². The summed E-state index contributed by atoms with van der Waals surface area (Å²) < 4.78 is 0.819. The first-order valence-corrected chi connectivity index (χ1v) is 6.52. The molecule has 0 saturated carbocycles. The molecule has 5 nitrogen and oxygen atoms in total. The van der Waals surface area contributed by atoms with Crippen LogP contribution in [0.1, 0.15) is 27.2 Å². The topological polar surface area (TPSA) is 70.1 Å². The Morgan fingerprint density at radius 1 is 1.35 bits per heavy atom. The molecule has 0 spiro atoms. The second-order valence-corrected chi connectivity index (χ2v) is 4.84. The van der Waals surface area contributed by atoms with Gasteiger partial charge in [0.2, 0.25) is 0 Å². The van der Waals surface area contributed by atoms with Gasteiger partial charge in [0, 0.05) is 12.6 Å². The van der Waals surface area contributed by atoms with Crippen LogP contribution < -0.4 is 10.6 Å². The molecule has 3 N–H and O–H groups in total. The fourth-order valence-corrected chi connectivity index (χ4v) is 2.02. The molecule has 1 aromatic heterocycles. The minimum atomic E-state index is -0.327. The molecule has 0 amide bonds. The summed E-state index contributed by atoms with van der Waals surface area (Å²) in [7, 11) is 0. The van der Waals surface area contributed by atoms with Gasteiger partial charge >= 0.3 is 0 Å². The van der Waals surface area contributed by atoms with Gasteiger partial charge in [0.15, 0.2) is 0 Å². The van der Waals surface area contributed by atoms with Gasteiger partial charge in [-0.25, -0.2) is 9.97 Å². The van der Waals surface area contributed by atoms with Crippen LogP contribution in [0.4, 0.5) is 11.6 Å². The van der Waals surface area contributed by atoms with Crippen molar-refractivity contribution in [3.8, 4) is 0 Å². The largest absolute Gasteiger partial charge is 0.393 e. The number of nitrogens with zero attached hydrogens (tertiary/aromatic N) is 2. The first kappa shape index (κ1) is 14.2. The summed E-state index contributed by atoms with van der Waals surface area (Å²) in [4.78, 5) is 8.32. The Hall–Kier alpha value is -0.880.